The molecule has 1 aliphatic rings. The predicted octanol–water partition coefficient (Wildman–Crippen LogP) is 2.34. The molecule has 2 heterocycles. The zero-order chi connectivity index (χ0) is 8.67. The maximum Gasteiger partial charge on any atom is 0.174 e. The minimum absolute atomic E-state index is 0.659. The molecule has 0 radical (unpaired) electrons. The highest BCUT2D eigenvalue weighted by molar-refractivity contribution is 7.13. The molecule has 1 aliphatic carbocycles. The highest BCUT2D eigenvalue weighted by atomic mass is 32.1. The molecule has 4 heteroatoms. The van der Waals surface area contributed by atoms with Crippen LogP contribution in [0.1, 0.15) is 18.9 Å². The van der Waals surface area contributed by atoms with Crippen LogP contribution in [0, 0.1) is 0 Å². The van der Waals surface area contributed by atoms with Crippen molar-refractivity contribution in [2.24, 2.45) is 0 Å². The van der Waals surface area contributed by atoms with Crippen LogP contribution in [0.15, 0.2) is 23.8 Å². The molecule has 0 amide bonds. The van der Waals surface area contributed by atoms with Crippen molar-refractivity contribution in [2.45, 2.75) is 18.9 Å². The third-order valence-electron chi connectivity index (χ3n) is 2.25. The molecule has 0 aliphatic heterocycles. The predicted molar refractivity (Wildman–Crippen MR) is 51.6 cm³/mol. The van der Waals surface area contributed by atoms with Gasteiger partial charge >= 0.3 is 0 Å². The van der Waals surface area contributed by atoms with Crippen molar-refractivity contribution in [1.82, 2.24) is 14.8 Å². The average molecular weight is 191 g/mol. The quantitative estimate of drug-likeness (QED) is 0.729. The summed E-state index contributed by atoms with van der Waals surface area (Å²) in [6, 6.07) is 4.80. The molecular weight excluding hydrogens is 182 g/mol. The van der Waals surface area contributed by atoms with E-state index in [1.54, 1.807) is 11.3 Å². The maximum atomic E-state index is 4.14. The van der Waals surface area contributed by atoms with E-state index in [1.165, 1.54) is 17.7 Å². The van der Waals surface area contributed by atoms with Crippen molar-refractivity contribution in [3.63, 3.8) is 0 Å². The molecule has 0 atom stereocenters. The van der Waals surface area contributed by atoms with Gasteiger partial charge in [-0.15, -0.1) is 21.5 Å². The highest BCUT2D eigenvalue weighted by Gasteiger charge is 2.26. The van der Waals surface area contributed by atoms with Crippen LogP contribution in [0.2, 0.25) is 0 Å². The summed E-state index contributed by atoms with van der Waals surface area (Å²) in [6.45, 7) is 0. The molecular formula is C9H9N3S. The fraction of sp³-hybridized carbons (Fsp3) is 0.333. The third-order valence-corrected chi connectivity index (χ3v) is 3.12. The first-order chi connectivity index (χ1) is 6.45. The van der Waals surface area contributed by atoms with E-state index in [4.69, 9.17) is 0 Å². The number of rotatable bonds is 2. The second-order valence-electron chi connectivity index (χ2n) is 3.27. The lowest BCUT2D eigenvalue weighted by Gasteiger charge is -2.00. The maximum absolute atomic E-state index is 4.14. The van der Waals surface area contributed by atoms with Crippen LogP contribution in [0.3, 0.4) is 0 Å². The normalized spacial score (nSPS) is 16.3. The van der Waals surface area contributed by atoms with Gasteiger partial charge in [-0.3, -0.25) is 0 Å². The summed E-state index contributed by atoms with van der Waals surface area (Å²) in [5.41, 5.74) is 0. The molecule has 3 nitrogen and oxygen atoms in total. The number of nitrogens with zero attached hydrogens (tertiary/aromatic N) is 3. The topological polar surface area (TPSA) is 30.7 Å². The standard InChI is InChI=1S/C9H9N3S/c1-2-8(13-5-1)9-11-10-6-12(9)7-3-4-7/h1-2,5-7H,3-4H2. The monoisotopic (exact) mass is 191 g/mol. The molecule has 13 heavy (non-hydrogen) atoms. The lowest BCUT2D eigenvalue weighted by atomic mass is 10.4. The summed E-state index contributed by atoms with van der Waals surface area (Å²) in [4.78, 5) is 1.21. The van der Waals surface area contributed by atoms with Crippen LogP contribution in [0.25, 0.3) is 10.7 Å². The fourth-order valence-electron chi connectivity index (χ4n) is 1.44. The second kappa shape index (κ2) is 2.67. The van der Waals surface area contributed by atoms with Crippen LogP contribution in [0.4, 0.5) is 0 Å². The molecule has 0 spiro atoms. The van der Waals surface area contributed by atoms with Crippen molar-refractivity contribution in [3.05, 3.63) is 23.8 Å². The molecule has 0 N–H and O–H groups in total. The van der Waals surface area contributed by atoms with Gasteiger partial charge in [-0.2, -0.15) is 0 Å². The Labute approximate surface area is 80.0 Å². The van der Waals surface area contributed by atoms with Crippen LogP contribution in [0.5, 0.6) is 0 Å². The summed E-state index contributed by atoms with van der Waals surface area (Å²) in [5.74, 6) is 1.03. The van der Waals surface area contributed by atoms with Crippen LogP contribution in [-0.4, -0.2) is 14.8 Å². The van der Waals surface area contributed by atoms with Gasteiger partial charge in [0.15, 0.2) is 5.82 Å². The lowest BCUT2D eigenvalue weighted by molar-refractivity contribution is 0.747. The highest BCUT2D eigenvalue weighted by Crippen LogP contribution is 2.38. The molecule has 0 aromatic carbocycles. The van der Waals surface area contributed by atoms with Crippen molar-refractivity contribution >= 4 is 11.3 Å². The van der Waals surface area contributed by atoms with E-state index >= 15 is 0 Å². The zero-order valence-corrected chi connectivity index (χ0v) is 7.87. The smallest absolute Gasteiger partial charge is 0.174 e. The van der Waals surface area contributed by atoms with E-state index in [0.29, 0.717) is 6.04 Å². The molecule has 0 saturated heterocycles. The third kappa shape index (κ3) is 1.18. The molecule has 2 aromatic rings. The summed E-state index contributed by atoms with van der Waals surface area (Å²) >= 11 is 1.72. The first kappa shape index (κ1) is 7.26. The van der Waals surface area contributed by atoms with Crippen molar-refractivity contribution in [3.8, 4) is 10.7 Å². The molecule has 3 rings (SSSR count). The fourth-order valence-corrected chi connectivity index (χ4v) is 2.16. The van der Waals surface area contributed by atoms with E-state index < -0.39 is 0 Å². The van der Waals surface area contributed by atoms with Gasteiger partial charge in [-0.1, -0.05) is 6.07 Å². The van der Waals surface area contributed by atoms with Crippen LogP contribution < -0.4 is 0 Å². The van der Waals surface area contributed by atoms with E-state index in [-0.39, 0.29) is 0 Å². The van der Waals surface area contributed by atoms with Crippen molar-refractivity contribution < 1.29 is 0 Å². The van der Waals surface area contributed by atoms with E-state index in [0.717, 1.165) is 5.82 Å². The minimum Gasteiger partial charge on any atom is -0.310 e. The molecule has 0 bridgehead atoms. The number of thiophene rings is 1. The molecule has 1 fully saturated rings. The minimum atomic E-state index is 0.659. The SMILES string of the molecule is c1csc(-c2nncn2C2CC2)c1. The van der Waals surface area contributed by atoms with Gasteiger partial charge in [-0.25, -0.2) is 0 Å². The van der Waals surface area contributed by atoms with Gasteiger partial charge in [0.05, 0.1) is 4.88 Å². The lowest BCUT2D eigenvalue weighted by Crippen LogP contribution is -1.93. The van der Waals surface area contributed by atoms with Crippen LogP contribution in [-0.2, 0) is 0 Å². The second-order valence-corrected chi connectivity index (χ2v) is 4.22. The first-order valence-electron chi connectivity index (χ1n) is 4.38. The molecule has 2 aromatic heterocycles. The molecule has 66 valence electrons. The Morgan fingerprint density at radius 1 is 1.46 bits per heavy atom. The Balaban J connectivity index is 2.08. The van der Waals surface area contributed by atoms with Gasteiger partial charge in [0.2, 0.25) is 0 Å². The van der Waals surface area contributed by atoms with Gasteiger partial charge < -0.3 is 4.57 Å². The Kier molecular flexibility index (Phi) is 1.49. The van der Waals surface area contributed by atoms with Gasteiger partial charge in [0, 0.05) is 6.04 Å². The average Bonchev–Trinajstić information content (AvgIpc) is 2.72. The zero-order valence-electron chi connectivity index (χ0n) is 7.05. The van der Waals surface area contributed by atoms with E-state index in [2.05, 4.69) is 26.2 Å². The summed E-state index contributed by atoms with van der Waals surface area (Å²) < 4.78 is 2.19. The first-order valence-corrected chi connectivity index (χ1v) is 5.26. The Bertz CT molecular complexity index is 400. The summed E-state index contributed by atoms with van der Waals surface area (Å²) in [6.07, 6.45) is 4.39. The summed E-state index contributed by atoms with van der Waals surface area (Å²) in [7, 11) is 0. The summed E-state index contributed by atoms with van der Waals surface area (Å²) in [5, 5.41) is 10.2. The number of hydrogen-bond donors (Lipinski definition) is 0. The van der Waals surface area contributed by atoms with E-state index in [1.807, 2.05) is 12.4 Å². The molecule has 1 saturated carbocycles. The van der Waals surface area contributed by atoms with Crippen molar-refractivity contribution in [1.29, 1.82) is 0 Å². The van der Waals surface area contributed by atoms with E-state index in [9.17, 15) is 0 Å². The van der Waals surface area contributed by atoms with Crippen molar-refractivity contribution in [2.75, 3.05) is 0 Å². The number of aromatic nitrogens is 3. The Morgan fingerprint density at radius 3 is 3.08 bits per heavy atom. The largest absolute Gasteiger partial charge is 0.310 e. The molecule has 0 unspecified atom stereocenters. The van der Waals surface area contributed by atoms with Crippen LogP contribution >= 0.6 is 11.3 Å². The van der Waals surface area contributed by atoms with Gasteiger partial charge in [0.25, 0.3) is 0 Å². The number of hydrogen-bond acceptors (Lipinski definition) is 3. The van der Waals surface area contributed by atoms with Gasteiger partial charge in [0.1, 0.15) is 6.33 Å². The Hall–Kier alpha value is -1.16. The van der Waals surface area contributed by atoms with Gasteiger partial charge in [-0.05, 0) is 24.3 Å². The Morgan fingerprint density at radius 2 is 2.38 bits per heavy atom.